The normalized spacial score (nSPS) is 10.4. The number of amides is 2. The number of anilines is 1. The first-order chi connectivity index (χ1) is 9.81. The molecule has 2 heterocycles. The molecule has 3 N–H and O–H groups in total. The van der Waals surface area contributed by atoms with Gasteiger partial charge in [0, 0.05) is 12.7 Å². The van der Waals surface area contributed by atoms with E-state index in [1.165, 1.54) is 6.20 Å². The summed E-state index contributed by atoms with van der Waals surface area (Å²) in [4.78, 5) is 23.1. The van der Waals surface area contributed by atoms with Crippen LogP contribution in [0.15, 0.2) is 48.8 Å². The van der Waals surface area contributed by atoms with Gasteiger partial charge in [-0.15, -0.1) is 0 Å². The Kier molecular flexibility index (Phi) is 3.28. The zero-order valence-corrected chi connectivity index (χ0v) is 10.6. The fourth-order valence-electron chi connectivity index (χ4n) is 1.83. The van der Waals surface area contributed by atoms with Crippen LogP contribution >= 0.6 is 0 Å². The van der Waals surface area contributed by atoms with Crippen LogP contribution in [0.4, 0.5) is 10.6 Å². The van der Waals surface area contributed by atoms with Gasteiger partial charge in [-0.05, 0) is 11.6 Å². The summed E-state index contributed by atoms with van der Waals surface area (Å²) in [7, 11) is 0. The van der Waals surface area contributed by atoms with E-state index in [0.717, 1.165) is 5.56 Å². The smallest absolute Gasteiger partial charge is 0.320 e. The number of benzene rings is 1. The summed E-state index contributed by atoms with van der Waals surface area (Å²) in [5, 5.41) is 5.42. The summed E-state index contributed by atoms with van der Waals surface area (Å²) < 4.78 is 0. The minimum atomic E-state index is -0.307. The highest BCUT2D eigenvalue weighted by atomic mass is 16.2. The van der Waals surface area contributed by atoms with Crippen molar-refractivity contribution in [2.24, 2.45) is 0 Å². The predicted molar refractivity (Wildman–Crippen MR) is 76.2 cm³/mol. The fourth-order valence-corrected chi connectivity index (χ4v) is 1.83. The van der Waals surface area contributed by atoms with Crippen molar-refractivity contribution in [1.29, 1.82) is 0 Å². The highest BCUT2D eigenvalue weighted by Gasteiger charge is 2.04. The molecular formula is C14H13N5O. The Balaban J connectivity index is 1.61. The van der Waals surface area contributed by atoms with Gasteiger partial charge in [-0.2, -0.15) is 0 Å². The quantitative estimate of drug-likeness (QED) is 0.680. The summed E-state index contributed by atoms with van der Waals surface area (Å²) in [6.45, 7) is 0.465. The van der Waals surface area contributed by atoms with Crippen LogP contribution in [0, 0.1) is 0 Å². The van der Waals surface area contributed by atoms with Crippen molar-refractivity contribution >= 4 is 23.0 Å². The van der Waals surface area contributed by atoms with Crippen molar-refractivity contribution in [3.8, 4) is 0 Å². The van der Waals surface area contributed by atoms with Crippen molar-refractivity contribution in [3.63, 3.8) is 0 Å². The lowest BCUT2D eigenvalue weighted by Gasteiger charge is -2.06. The third-order valence-corrected chi connectivity index (χ3v) is 2.80. The van der Waals surface area contributed by atoms with Gasteiger partial charge >= 0.3 is 6.03 Å². The maximum Gasteiger partial charge on any atom is 0.320 e. The zero-order valence-electron chi connectivity index (χ0n) is 10.6. The largest absolute Gasteiger partial charge is 0.345 e. The summed E-state index contributed by atoms with van der Waals surface area (Å²) in [6.07, 6.45) is 3.27. The van der Waals surface area contributed by atoms with E-state index >= 15 is 0 Å². The van der Waals surface area contributed by atoms with E-state index in [1.54, 1.807) is 12.3 Å². The van der Waals surface area contributed by atoms with Crippen LogP contribution in [-0.4, -0.2) is 21.0 Å². The minimum absolute atomic E-state index is 0.307. The molecule has 0 spiro atoms. The van der Waals surface area contributed by atoms with Crippen molar-refractivity contribution in [3.05, 3.63) is 54.4 Å². The Morgan fingerprint density at radius 2 is 2.05 bits per heavy atom. The third kappa shape index (κ3) is 2.74. The highest BCUT2D eigenvalue weighted by Crippen LogP contribution is 2.09. The molecule has 1 aromatic carbocycles. The average Bonchev–Trinajstić information content (AvgIpc) is 2.94. The maximum absolute atomic E-state index is 11.8. The SMILES string of the molecule is O=C(NCc1ccccc1)Nc1cnc2[nH]ccc2n1. The van der Waals surface area contributed by atoms with Gasteiger partial charge in [0.15, 0.2) is 11.5 Å². The summed E-state index contributed by atoms with van der Waals surface area (Å²) >= 11 is 0. The fraction of sp³-hybridized carbons (Fsp3) is 0.0714. The molecule has 0 saturated carbocycles. The van der Waals surface area contributed by atoms with Gasteiger partial charge in [0.2, 0.25) is 0 Å². The molecule has 100 valence electrons. The number of aromatic amines is 1. The molecule has 6 nitrogen and oxygen atoms in total. The van der Waals surface area contributed by atoms with Gasteiger partial charge in [0.25, 0.3) is 0 Å². The molecule has 0 aliphatic heterocycles. The number of H-pyrrole nitrogens is 1. The number of nitrogens with zero attached hydrogens (tertiary/aromatic N) is 2. The molecule has 6 heteroatoms. The zero-order chi connectivity index (χ0) is 13.8. The minimum Gasteiger partial charge on any atom is -0.345 e. The second-order valence-electron chi connectivity index (χ2n) is 4.26. The second-order valence-corrected chi connectivity index (χ2v) is 4.26. The number of rotatable bonds is 3. The first kappa shape index (κ1) is 12.2. The number of carbonyl (C=O) groups excluding carboxylic acids is 1. The van der Waals surface area contributed by atoms with E-state index in [9.17, 15) is 4.79 Å². The van der Waals surface area contributed by atoms with E-state index in [4.69, 9.17) is 0 Å². The molecule has 2 amide bonds. The van der Waals surface area contributed by atoms with Gasteiger partial charge in [-0.3, -0.25) is 5.32 Å². The number of carbonyl (C=O) groups is 1. The lowest BCUT2D eigenvalue weighted by atomic mass is 10.2. The molecule has 3 aromatic rings. The van der Waals surface area contributed by atoms with E-state index in [0.29, 0.717) is 23.5 Å². The topological polar surface area (TPSA) is 82.7 Å². The maximum atomic E-state index is 11.8. The number of hydrogen-bond acceptors (Lipinski definition) is 3. The molecule has 3 rings (SSSR count). The van der Waals surface area contributed by atoms with E-state index in [2.05, 4.69) is 25.6 Å². The standard InChI is InChI=1S/C14H13N5O/c20-14(17-8-10-4-2-1-3-5-10)19-12-9-16-13-11(18-12)6-7-15-13/h1-7,9H,8H2,(H,15,16)(H2,17,18,19,20). The van der Waals surface area contributed by atoms with Crippen molar-refractivity contribution < 1.29 is 4.79 Å². The molecular weight excluding hydrogens is 254 g/mol. The van der Waals surface area contributed by atoms with Crippen molar-refractivity contribution in [1.82, 2.24) is 20.3 Å². The van der Waals surface area contributed by atoms with Gasteiger partial charge < -0.3 is 10.3 Å². The molecule has 0 fully saturated rings. The predicted octanol–water partition coefficient (Wildman–Crippen LogP) is 2.28. The Hall–Kier alpha value is -2.89. The second kappa shape index (κ2) is 5.40. The Morgan fingerprint density at radius 1 is 1.20 bits per heavy atom. The van der Waals surface area contributed by atoms with E-state index < -0.39 is 0 Å². The molecule has 0 radical (unpaired) electrons. The van der Waals surface area contributed by atoms with Crippen LogP contribution in [0.3, 0.4) is 0 Å². The molecule has 2 aromatic heterocycles. The summed E-state index contributed by atoms with van der Waals surface area (Å²) in [5.41, 5.74) is 2.45. The first-order valence-corrected chi connectivity index (χ1v) is 6.20. The van der Waals surface area contributed by atoms with Crippen LogP contribution in [0.2, 0.25) is 0 Å². The third-order valence-electron chi connectivity index (χ3n) is 2.80. The first-order valence-electron chi connectivity index (χ1n) is 6.20. The van der Waals surface area contributed by atoms with Gasteiger partial charge in [-0.25, -0.2) is 14.8 Å². The van der Waals surface area contributed by atoms with Crippen LogP contribution in [0.5, 0.6) is 0 Å². The van der Waals surface area contributed by atoms with E-state index in [1.807, 2.05) is 30.3 Å². The molecule has 20 heavy (non-hydrogen) atoms. The molecule has 0 saturated heterocycles. The molecule has 0 bridgehead atoms. The van der Waals surface area contributed by atoms with Crippen molar-refractivity contribution in [2.45, 2.75) is 6.54 Å². The van der Waals surface area contributed by atoms with Crippen molar-refractivity contribution in [2.75, 3.05) is 5.32 Å². The Morgan fingerprint density at radius 3 is 2.90 bits per heavy atom. The monoisotopic (exact) mass is 267 g/mol. The van der Waals surface area contributed by atoms with Crippen LogP contribution < -0.4 is 10.6 Å². The number of hydrogen-bond donors (Lipinski definition) is 3. The van der Waals surface area contributed by atoms with Crippen LogP contribution in [0.1, 0.15) is 5.56 Å². The number of urea groups is 1. The lowest BCUT2D eigenvalue weighted by Crippen LogP contribution is -2.28. The molecule has 0 aliphatic rings. The lowest BCUT2D eigenvalue weighted by molar-refractivity contribution is 0.251. The van der Waals surface area contributed by atoms with Gasteiger partial charge in [0.1, 0.15) is 5.52 Å². The Bertz CT molecular complexity index is 723. The number of nitrogens with one attached hydrogen (secondary N) is 3. The van der Waals surface area contributed by atoms with Crippen LogP contribution in [-0.2, 0) is 6.54 Å². The average molecular weight is 267 g/mol. The highest BCUT2D eigenvalue weighted by molar-refractivity contribution is 5.89. The number of aromatic nitrogens is 3. The molecule has 0 unspecified atom stereocenters. The summed E-state index contributed by atoms with van der Waals surface area (Å²) in [6, 6.07) is 11.2. The Labute approximate surface area is 115 Å². The molecule has 0 aliphatic carbocycles. The van der Waals surface area contributed by atoms with E-state index in [-0.39, 0.29) is 6.03 Å². The summed E-state index contributed by atoms with van der Waals surface area (Å²) in [5.74, 6) is 0.419. The molecule has 0 atom stereocenters. The van der Waals surface area contributed by atoms with Gasteiger partial charge in [0.05, 0.1) is 6.20 Å². The number of fused-ring (bicyclic) bond motifs is 1. The van der Waals surface area contributed by atoms with Gasteiger partial charge in [-0.1, -0.05) is 30.3 Å². The van der Waals surface area contributed by atoms with Crippen LogP contribution in [0.25, 0.3) is 11.2 Å².